The summed E-state index contributed by atoms with van der Waals surface area (Å²) < 4.78 is 1.90. The number of urea groups is 1. The van der Waals surface area contributed by atoms with E-state index in [2.05, 4.69) is 25.7 Å². The van der Waals surface area contributed by atoms with Crippen LogP contribution in [0.4, 0.5) is 10.6 Å². The van der Waals surface area contributed by atoms with Gasteiger partial charge in [0.2, 0.25) is 0 Å². The average Bonchev–Trinajstić information content (AvgIpc) is 3.15. The Balaban J connectivity index is 1.13. The first-order valence-electron chi connectivity index (χ1n) is 9.78. The molecule has 138 valence electrons. The molecular formula is C18H25N7O. The summed E-state index contributed by atoms with van der Waals surface area (Å²) in [6.07, 6.45) is 7.07. The Hall–Kier alpha value is -2.38. The Labute approximate surface area is 152 Å². The maximum absolute atomic E-state index is 12.0. The van der Waals surface area contributed by atoms with Crippen LogP contribution in [0, 0.1) is 5.92 Å². The van der Waals surface area contributed by atoms with Crippen molar-refractivity contribution < 1.29 is 4.79 Å². The van der Waals surface area contributed by atoms with Crippen LogP contribution in [0.5, 0.6) is 0 Å². The molecule has 2 N–H and O–H groups in total. The standard InChI is InChI=1S/C18H25N7O/c26-18(20-14-3-1-2-4-14)19-9-12-10-24(11-12)16-8-7-15-21-22-17(13-5-6-13)25(15)23-16/h7-8,12-14H,1-6,9-11H2,(H2,19,20,26). The number of fused-ring (bicyclic) bond motifs is 1. The highest BCUT2D eigenvalue weighted by Gasteiger charge is 2.31. The number of nitrogens with zero attached hydrogens (tertiary/aromatic N) is 5. The molecule has 2 aromatic rings. The van der Waals surface area contributed by atoms with Crippen LogP contribution >= 0.6 is 0 Å². The summed E-state index contributed by atoms with van der Waals surface area (Å²) in [5.74, 6) is 2.96. The van der Waals surface area contributed by atoms with E-state index in [9.17, 15) is 4.79 Å². The van der Waals surface area contributed by atoms with E-state index in [1.54, 1.807) is 0 Å². The number of anilines is 1. The molecule has 2 amide bonds. The van der Waals surface area contributed by atoms with Crippen molar-refractivity contribution in [3.63, 3.8) is 0 Å². The van der Waals surface area contributed by atoms with Crippen molar-refractivity contribution in [1.29, 1.82) is 0 Å². The molecule has 3 fully saturated rings. The van der Waals surface area contributed by atoms with Crippen molar-refractivity contribution in [2.75, 3.05) is 24.5 Å². The second-order valence-electron chi connectivity index (χ2n) is 7.90. The zero-order valence-electron chi connectivity index (χ0n) is 14.9. The molecule has 1 saturated heterocycles. The highest BCUT2D eigenvalue weighted by atomic mass is 16.2. The van der Waals surface area contributed by atoms with Crippen LogP contribution in [0.1, 0.15) is 50.3 Å². The molecule has 8 heteroatoms. The third kappa shape index (κ3) is 3.08. The lowest BCUT2D eigenvalue weighted by atomic mass is 10.0. The summed E-state index contributed by atoms with van der Waals surface area (Å²) in [6, 6.07) is 4.35. The quantitative estimate of drug-likeness (QED) is 0.852. The maximum Gasteiger partial charge on any atom is 0.315 e. The van der Waals surface area contributed by atoms with Crippen molar-refractivity contribution in [3.05, 3.63) is 18.0 Å². The van der Waals surface area contributed by atoms with Crippen LogP contribution in [0.15, 0.2) is 12.1 Å². The highest BCUT2D eigenvalue weighted by Crippen LogP contribution is 2.38. The van der Waals surface area contributed by atoms with E-state index in [0.717, 1.165) is 49.8 Å². The number of carbonyl (C=O) groups excluding carboxylic acids is 1. The van der Waals surface area contributed by atoms with Gasteiger partial charge in [-0.05, 0) is 37.8 Å². The van der Waals surface area contributed by atoms with Crippen LogP contribution in [-0.2, 0) is 0 Å². The van der Waals surface area contributed by atoms with Crippen molar-refractivity contribution in [2.24, 2.45) is 5.92 Å². The Morgan fingerprint density at radius 3 is 2.69 bits per heavy atom. The van der Waals surface area contributed by atoms with Gasteiger partial charge in [0.25, 0.3) is 0 Å². The summed E-state index contributed by atoms with van der Waals surface area (Å²) in [5, 5.41) is 19.3. The molecule has 26 heavy (non-hydrogen) atoms. The number of hydrogen-bond acceptors (Lipinski definition) is 5. The van der Waals surface area contributed by atoms with E-state index < -0.39 is 0 Å². The SMILES string of the molecule is O=C(NCC1CN(c2ccc3nnc(C4CC4)n3n2)C1)NC1CCCC1. The van der Waals surface area contributed by atoms with E-state index >= 15 is 0 Å². The van der Waals surface area contributed by atoms with Crippen LogP contribution < -0.4 is 15.5 Å². The zero-order chi connectivity index (χ0) is 17.5. The number of carbonyl (C=O) groups is 1. The normalized spacial score (nSPS) is 21.2. The molecule has 5 rings (SSSR count). The van der Waals surface area contributed by atoms with Gasteiger partial charge in [-0.25, -0.2) is 4.79 Å². The van der Waals surface area contributed by atoms with Crippen molar-refractivity contribution >= 4 is 17.5 Å². The number of hydrogen-bond donors (Lipinski definition) is 2. The highest BCUT2D eigenvalue weighted by molar-refractivity contribution is 5.74. The first-order valence-corrected chi connectivity index (χ1v) is 9.78. The maximum atomic E-state index is 12.0. The average molecular weight is 355 g/mol. The molecular weight excluding hydrogens is 330 g/mol. The number of amides is 2. The second kappa shape index (κ2) is 6.41. The van der Waals surface area contributed by atoms with Crippen molar-refractivity contribution in [1.82, 2.24) is 30.4 Å². The van der Waals surface area contributed by atoms with Gasteiger partial charge < -0.3 is 15.5 Å². The zero-order valence-corrected chi connectivity index (χ0v) is 14.9. The number of nitrogens with one attached hydrogen (secondary N) is 2. The molecule has 0 radical (unpaired) electrons. The Morgan fingerprint density at radius 2 is 1.92 bits per heavy atom. The molecule has 0 aromatic carbocycles. The lowest BCUT2D eigenvalue weighted by molar-refractivity contribution is 0.233. The lowest BCUT2D eigenvalue weighted by Crippen LogP contribution is -2.53. The second-order valence-corrected chi connectivity index (χ2v) is 7.90. The van der Waals surface area contributed by atoms with E-state index in [-0.39, 0.29) is 6.03 Å². The van der Waals surface area contributed by atoms with Crippen molar-refractivity contribution in [2.45, 2.75) is 50.5 Å². The summed E-state index contributed by atoms with van der Waals surface area (Å²) in [7, 11) is 0. The molecule has 0 bridgehead atoms. The molecule has 0 spiro atoms. The van der Waals surface area contributed by atoms with Gasteiger partial charge in [0, 0.05) is 37.5 Å². The third-order valence-corrected chi connectivity index (χ3v) is 5.74. The smallest absolute Gasteiger partial charge is 0.315 e. The van der Waals surface area contributed by atoms with E-state index in [1.807, 2.05) is 16.6 Å². The number of aromatic nitrogens is 4. The van der Waals surface area contributed by atoms with Gasteiger partial charge in [0.15, 0.2) is 11.5 Å². The fourth-order valence-corrected chi connectivity index (χ4v) is 3.99. The summed E-state index contributed by atoms with van der Waals surface area (Å²) in [5.41, 5.74) is 0.818. The predicted octanol–water partition coefficient (Wildman–Crippen LogP) is 1.68. The summed E-state index contributed by atoms with van der Waals surface area (Å²) >= 11 is 0. The minimum atomic E-state index is -0.0199. The Kier molecular flexibility index (Phi) is 3.90. The fraction of sp³-hybridized carbons (Fsp3) is 0.667. The minimum absolute atomic E-state index is 0.0199. The van der Waals surface area contributed by atoms with Gasteiger partial charge in [0.1, 0.15) is 5.82 Å². The van der Waals surface area contributed by atoms with Crippen LogP contribution in [0.25, 0.3) is 5.65 Å². The number of rotatable bonds is 5. The summed E-state index contributed by atoms with van der Waals surface area (Å²) in [6.45, 7) is 2.56. The van der Waals surface area contributed by atoms with Gasteiger partial charge in [-0.2, -0.15) is 4.52 Å². The van der Waals surface area contributed by atoms with Gasteiger partial charge in [-0.1, -0.05) is 12.8 Å². The molecule has 3 heterocycles. The predicted molar refractivity (Wildman–Crippen MR) is 97.3 cm³/mol. The molecule has 2 saturated carbocycles. The van der Waals surface area contributed by atoms with E-state index in [0.29, 0.717) is 17.9 Å². The fourth-order valence-electron chi connectivity index (χ4n) is 3.99. The first kappa shape index (κ1) is 15.8. The molecule has 2 aliphatic carbocycles. The third-order valence-electron chi connectivity index (χ3n) is 5.74. The van der Waals surface area contributed by atoms with Crippen LogP contribution in [0.2, 0.25) is 0 Å². The lowest BCUT2D eigenvalue weighted by Gasteiger charge is -2.40. The topological polar surface area (TPSA) is 87.5 Å². The van der Waals surface area contributed by atoms with Gasteiger partial charge in [0.05, 0.1) is 0 Å². The van der Waals surface area contributed by atoms with E-state index in [1.165, 1.54) is 25.7 Å². The molecule has 0 atom stereocenters. The molecule has 3 aliphatic rings. The Morgan fingerprint density at radius 1 is 1.12 bits per heavy atom. The van der Waals surface area contributed by atoms with Crippen molar-refractivity contribution in [3.8, 4) is 0 Å². The van der Waals surface area contributed by atoms with Crippen LogP contribution in [0.3, 0.4) is 0 Å². The minimum Gasteiger partial charge on any atom is -0.354 e. The Bertz CT molecular complexity index is 803. The van der Waals surface area contributed by atoms with Gasteiger partial charge in [-0.3, -0.25) is 0 Å². The molecule has 0 unspecified atom stereocenters. The molecule has 8 nitrogen and oxygen atoms in total. The summed E-state index contributed by atoms with van der Waals surface area (Å²) in [4.78, 5) is 14.2. The largest absolute Gasteiger partial charge is 0.354 e. The van der Waals surface area contributed by atoms with Crippen LogP contribution in [-0.4, -0.2) is 51.5 Å². The van der Waals surface area contributed by atoms with Gasteiger partial charge in [-0.15, -0.1) is 15.3 Å². The first-order chi connectivity index (χ1) is 12.8. The molecule has 2 aromatic heterocycles. The van der Waals surface area contributed by atoms with E-state index in [4.69, 9.17) is 5.10 Å². The molecule has 1 aliphatic heterocycles. The monoisotopic (exact) mass is 355 g/mol. The van der Waals surface area contributed by atoms with Gasteiger partial charge >= 0.3 is 6.03 Å².